The number of aromatic amines is 1. The van der Waals surface area contributed by atoms with Gasteiger partial charge in [0.15, 0.2) is 0 Å². The number of rotatable bonds is 6. The lowest BCUT2D eigenvalue weighted by molar-refractivity contribution is -0.886. The van der Waals surface area contributed by atoms with E-state index in [2.05, 4.69) is 10.3 Å². The standard InChI is InChI=1S/C20H26N4O4S/c25-19-14-17(20(26)21-7-12-23-8-1-2-9-23)16-13-15(5-6-18(16)22-19)29(27,28)24-10-3-4-11-24/h5-6,13-14H,1-4,7-12H2,(H,21,26)(H,22,25)/p+1. The number of hydrogen-bond donors (Lipinski definition) is 3. The summed E-state index contributed by atoms with van der Waals surface area (Å²) in [6.07, 6.45) is 4.14. The van der Waals surface area contributed by atoms with Crippen LogP contribution in [0.3, 0.4) is 0 Å². The van der Waals surface area contributed by atoms with Gasteiger partial charge in [0.25, 0.3) is 5.91 Å². The molecule has 0 saturated carbocycles. The van der Waals surface area contributed by atoms with E-state index < -0.39 is 10.0 Å². The summed E-state index contributed by atoms with van der Waals surface area (Å²) in [4.78, 5) is 29.1. The number of nitrogens with one attached hydrogen (secondary N) is 3. The number of carbonyl (C=O) groups is 1. The highest BCUT2D eigenvalue weighted by Gasteiger charge is 2.28. The van der Waals surface area contributed by atoms with Crippen molar-refractivity contribution in [1.82, 2.24) is 14.6 Å². The summed E-state index contributed by atoms with van der Waals surface area (Å²) in [6, 6.07) is 5.79. The highest BCUT2D eigenvalue weighted by molar-refractivity contribution is 7.89. The number of aromatic nitrogens is 1. The fraction of sp³-hybridized carbons (Fsp3) is 0.500. The monoisotopic (exact) mass is 419 g/mol. The zero-order valence-electron chi connectivity index (χ0n) is 16.4. The number of sulfonamides is 1. The second kappa shape index (κ2) is 8.25. The average molecular weight is 420 g/mol. The number of quaternary nitrogens is 1. The van der Waals surface area contributed by atoms with Crippen LogP contribution in [0.5, 0.6) is 0 Å². The van der Waals surface area contributed by atoms with Gasteiger partial charge < -0.3 is 15.2 Å². The van der Waals surface area contributed by atoms with Gasteiger partial charge in [-0.15, -0.1) is 0 Å². The van der Waals surface area contributed by atoms with Gasteiger partial charge in [0.1, 0.15) is 0 Å². The molecule has 0 spiro atoms. The molecule has 29 heavy (non-hydrogen) atoms. The van der Waals surface area contributed by atoms with Crippen molar-refractivity contribution < 1.29 is 18.1 Å². The molecule has 2 fully saturated rings. The van der Waals surface area contributed by atoms with Crippen LogP contribution in [0, 0.1) is 0 Å². The van der Waals surface area contributed by atoms with Crippen LogP contribution in [0.25, 0.3) is 10.9 Å². The Morgan fingerprint density at radius 3 is 2.55 bits per heavy atom. The van der Waals surface area contributed by atoms with Crippen molar-refractivity contribution in [1.29, 1.82) is 0 Å². The Kier molecular flexibility index (Phi) is 5.71. The topological polar surface area (TPSA) is 104 Å². The minimum Gasteiger partial charge on any atom is -0.346 e. The highest BCUT2D eigenvalue weighted by Crippen LogP contribution is 2.25. The molecule has 0 atom stereocenters. The normalized spacial score (nSPS) is 18.5. The van der Waals surface area contributed by atoms with E-state index >= 15 is 0 Å². The van der Waals surface area contributed by atoms with Crippen molar-refractivity contribution in [3.05, 3.63) is 40.2 Å². The molecule has 0 radical (unpaired) electrons. The number of likely N-dealkylation sites (tertiary alicyclic amines) is 1. The Balaban J connectivity index is 1.62. The molecule has 0 unspecified atom stereocenters. The lowest BCUT2D eigenvalue weighted by Crippen LogP contribution is -3.10. The van der Waals surface area contributed by atoms with E-state index in [1.807, 2.05) is 0 Å². The third-order valence-corrected chi connectivity index (χ3v) is 7.73. The largest absolute Gasteiger partial charge is 0.346 e. The van der Waals surface area contributed by atoms with E-state index in [4.69, 9.17) is 0 Å². The Labute approximate surface area is 169 Å². The second-order valence-corrected chi connectivity index (χ2v) is 9.77. The van der Waals surface area contributed by atoms with Gasteiger partial charge in [-0.2, -0.15) is 4.31 Å². The quantitative estimate of drug-likeness (QED) is 0.599. The van der Waals surface area contributed by atoms with Gasteiger partial charge in [-0.05, 0) is 31.0 Å². The molecule has 1 aromatic carbocycles. The predicted molar refractivity (Wildman–Crippen MR) is 110 cm³/mol. The van der Waals surface area contributed by atoms with Gasteiger partial charge in [-0.25, -0.2) is 8.42 Å². The van der Waals surface area contributed by atoms with Crippen molar-refractivity contribution >= 4 is 26.8 Å². The van der Waals surface area contributed by atoms with E-state index in [-0.39, 0.29) is 21.9 Å². The van der Waals surface area contributed by atoms with Crippen LogP contribution >= 0.6 is 0 Å². The van der Waals surface area contributed by atoms with E-state index in [9.17, 15) is 18.0 Å². The smallest absolute Gasteiger partial charge is 0.252 e. The number of amides is 1. The Hall–Kier alpha value is -2.23. The van der Waals surface area contributed by atoms with Gasteiger partial charge in [-0.3, -0.25) is 9.59 Å². The number of fused-ring (bicyclic) bond motifs is 1. The van der Waals surface area contributed by atoms with Crippen LogP contribution < -0.4 is 15.8 Å². The maximum absolute atomic E-state index is 12.9. The van der Waals surface area contributed by atoms with Gasteiger partial charge in [0.05, 0.1) is 36.6 Å². The SMILES string of the molecule is O=C(NCC[NH+]1CCCC1)c1cc(=O)[nH]c2ccc(S(=O)(=O)N3CCCC3)cc12. The fourth-order valence-electron chi connectivity index (χ4n) is 4.23. The lowest BCUT2D eigenvalue weighted by atomic mass is 10.1. The molecule has 156 valence electrons. The van der Waals surface area contributed by atoms with Crippen LogP contribution in [0.2, 0.25) is 0 Å². The maximum atomic E-state index is 12.9. The first-order valence-corrected chi connectivity index (χ1v) is 11.7. The summed E-state index contributed by atoms with van der Waals surface area (Å²) in [5.41, 5.74) is 0.273. The summed E-state index contributed by atoms with van der Waals surface area (Å²) in [5.74, 6) is -0.351. The first-order chi connectivity index (χ1) is 13.9. The van der Waals surface area contributed by atoms with Crippen LogP contribution in [0.1, 0.15) is 36.0 Å². The Bertz CT molecular complexity index is 1070. The zero-order valence-corrected chi connectivity index (χ0v) is 17.2. The molecule has 0 aliphatic carbocycles. The number of benzene rings is 1. The molecule has 1 amide bonds. The minimum atomic E-state index is -3.60. The first-order valence-electron chi connectivity index (χ1n) is 10.2. The summed E-state index contributed by atoms with van der Waals surface area (Å²) < 4.78 is 27.3. The van der Waals surface area contributed by atoms with E-state index in [0.29, 0.717) is 30.5 Å². The number of hydrogen-bond acceptors (Lipinski definition) is 4. The second-order valence-electron chi connectivity index (χ2n) is 7.83. The molecule has 2 aromatic rings. The fourth-order valence-corrected chi connectivity index (χ4v) is 5.78. The van der Waals surface area contributed by atoms with Crippen LogP contribution in [0.4, 0.5) is 0 Å². The molecule has 3 heterocycles. The van der Waals surface area contributed by atoms with Crippen molar-refractivity contribution in [3.63, 3.8) is 0 Å². The van der Waals surface area contributed by atoms with E-state index in [1.165, 1.54) is 40.2 Å². The molecule has 2 saturated heterocycles. The van der Waals surface area contributed by atoms with Gasteiger partial charge in [-0.1, -0.05) is 0 Å². The number of carbonyl (C=O) groups excluding carboxylic acids is 1. The molecular weight excluding hydrogens is 392 g/mol. The molecular formula is C20H27N4O4S+. The molecule has 4 rings (SSSR count). The Morgan fingerprint density at radius 2 is 1.83 bits per heavy atom. The first kappa shape index (κ1) is 20.1. The molecule has 1 aromatic heterocycles. The van der Waals surface area contributed by atoms with Crippen LogP contribution in [-0.4, -0.2) is 62.9 Å². The molecule has 9 heteroatoms. The van der Waals surface area contributed by atoms with Crippen molar-refractivity contribution in [2.45, 2.75) is 30.6 Å². The molecule has 0 bridgehead atoms. The van der Waals surface area contributed by atoms with E-state index in [0.717, 1.165) is 32.5 Å². The third-order valence-electron chi connectivity index (χ3n) is 5.84. The molecule has 8 nitrogen and oxygen atoms in total. The third kappa shape index (κ3) is 4.22. The maximum Gasteiger partial charge on any atom is 0.252 e. The number of pyridine rings is 1. The zero-order chi connectivity index (χ0) is 20.4. The van der Waals surface area contributed by atoms with Crippen LogP contribution in [0.15, 0.2) is 34.0 Å². The Morgan fingerprint density at radius 1 is 1.10 bits per heavy atom. The minimum absolute atomic E-state index is 0.148. The average Bonchev–Trinajstić information content (AvgIpc) is 3.41. The lowest BCUT2D eigenvalue weighted by Gasteiger charge is -2.16. The van der Waals surface area contributed by atoms with Crippen molar-refractivity contribution in [2.24, 2.45) is 0 Å². The highest BCUT2D eigenvalue weighted by atomic mass is 32.2. The van der Waals surface area contributed by atoms with Gasteiger partial charge in [0.2, 0.25) is 15.6 Å². The molecule has 3 N–H and O–H groups in total. The van der Waals surface area contributed by atoms with Crippen molar-refractivity contribution in [2.75, 3.05) is 39.3 Å². The van der Waals surface area contributed by atoms with Gasteiger partial charge >= 0.3 is 0 Å². The molecule has 2 aliphatic rings. The predicted octanol–water partition coefficient (Wildman–Crippen LogP) is -0.279. The summed E-state index contributed by atoms with van der Waals surface area (Å²) in [5, 5.41) is 3.33. The van der Waals surface area contributed by atoms with E-state index in [1.54, 1.807) is 6.07 Å². The number of nitrogens with zero attached hydrogens (tertiary/aromatic N) is 1. The van der Waals surface area contributed by atoms with Crippen LogP contribution in [-0.2, 0) is 10.0 Å². The molecule has 2 aliphatic heterocycles. The summed E-state index contributed by atoms with van der Waals surface area (Å²) >= 11 is 0. The summed E-state index contributed by atoms with van der Waals surface area (Å²) in [6.45, 7) is 4.65. The number of H-pyrrole nitrogens is 1. The van der Waals surface area contributed by atoms with Gasteiger partial charge in [0, 0.05) is 42.9 Å². The van der Waals surface area contributed by atoms with Crippen molar-refractivity contribution in [3.8, 4) is 0 Å². The summed E-state index contributed by atoms with van der Waals surface area (Å²) in [7, 11) is -3.60.